The van der Waals surface area contributed by atoms with Crippen molar-refractivity contribution in [1.82, 2.24) is 35.2 Å². The van der Waals surface area contributed by atoms with Gasteiger partial charge in [-0.2, -0.15) is 0 Å². The van der Waals surface area contributed by atoms with Gasteiger partial charge in [0.1, 0.15) is 5.82 Å². The molecule has 4 rings (SSSR count). The molecule has 4 heterocycles. The van der Waals surface area contributed by atoms with Gasteiger partial charge in [-0.05, 0) is 25.7 Å². The first-order chi connectivity index (χ1) is 13.2. The average molecular weight is 370 g/mol. The molecule has 27 heavy (non-hydrogen) atoms. The zero-order valence-corrected chi connectivity index (χ0v) is 15.7. The van der Waals surface area contributed by atoms with Gasteiger partial charge in [-0.25, -0.2) is 4.98 Å². The molecular weight excluding hydrogens is 344 g/mol. The summed E-state index contributed by atoms with van der Waals surface area (Å²) in [6.07, 6.45) is 7.74. The highest BCUT2D eigenvalue weighted by molar-refractivity contribution is 5.78. The largest absolute Gasteiger partial charge is 0.355 e. The molecule has 1 N–H and O–H groups in total. The van der Waals surface area contributed by atoms with E-state index < -0.39 is 0 Å². The van der Waals surface area contributed by atoms with Gasteiger partial charge in [0.15, 0.2) is 0 Å². The quantitative estimate of drug-likeness (QED) is 0.805. The first-order valence-corrected chi connectivity index (χ1v) is 9.58. The van der Waals surface area contributed by atoms with Crippen molar-refractivity contribution >= 4 is 11.7 Å². The first kappa shape index (κ1) is 17.8. The van der Waals surface area contributed by atoms with E-state index in [9.17, 15) is 4.79 Å². The van der Waals surface area contributed by atoms with Crippen molar-refractivity contribution in [2.24, 2.45) is 5.92 Å². The number of nitrogens with zero attached hydrogens (tertiary/aromatic N) is 7. The highest BCUT2D eigenvalue weighted by atomic mass is 16.2. The summed E-state index contributed by atoms with van der Waals surface area (Å²) in [6.45, 7) is 7.57. The highest BCUT2D eigenvalue weighted by Crippen LogP contribution is 2.24. The number of anilines is 1. The molecule has 2 aliphatic heterocycles. The van der Waals surface area contributed by atoms with E-state index in [1.807, 2.05) is 17.8 Å². The third kappa shape index (κ3) is 4.41. The van der Waals surface area contributed by atoms with Crippen molar-refractivity contribution in [3.8, 4) is 0 Å². The molecule has 0 bridgehead atoms. The molecule has 9 heteroatoms. The van der Waals surface area contributed by atoms with Crippen molar-refractivity contribution in [3.05, 3.63) is 30.0 Å². The van der Waals surface area contributed by atoms with E-state index in [-0.39, 0.29) is 5.91 Å². The minimum atomic E-state index is 0.0822. The molecule has 0 aromatic carbocycles. The Morgan fingerprint density at radius 3 is 2.78 bits per heavy atom. The van der Waals surface area contributed by atoms with E-state index >= 15 is 0 Å². The molecule has 2 aromatic rings. The van der Waals surface area contributed by atoms with E-state index in [4.69, 9.17) is 0 Å². The maximum atomic E-state index is 11.5. The maximum Gasteiger partial charge on any atom is 0.234 e. The van der Waals surface area contributed by atoms with Gasteiger partial charge >= 0.3 is 0 Å². The van der Waals surface area contributed by atoms with Crippen LogP contribution in [0, 0.1) is 12.8 Å². The molecule has 1 amide bonds. The fraction of sp³-hybridized carbons (Fsp3) is 0.611. The Morgan fingerprint density at radius 2 is 2.00 bits per heavy atom. The Labute approximate surface area is 158 Å². The summed E-state index contributed by atoms with van der Waals surface area (Å²) in [5.41, 5.74) is 1.92. The van der Waals surface area contributed by atoms with Crippen molar-refractivity contribution in [3.63, 3.8) is 0 Å². The van der Waals surface area contributed by atoms with Crippen LogP contribution in [0.1, 0.15) is 24.2 Å². The molecule has 144 valence electrons. The summed E-state index contributed by atoms with van der Waals surface area (Å²) in [6, 6.07) is 0. The minimum Gasteiger partial charge on any atom is -0.355 e. The molecule has 2 aliphatic rings. The molecule has 2 fully saturated rings. The van der Waals surface area contributed by atoms with Gasteiger partial charge in [0.2, 0.25) is 5.91 Å². The number of rotatable bonds is 5. The number of piperazine rings is 1. The monoisotopic (exact) mass is 370 g/mol. The molecule has 9 nitrogen and oxygen atoms in total. The first-order valence-electron chi connectivity index (χ1n) is 9.58. The van der Waals surface area contributed by atoms with Gasteiger partial charge < -0.3 is 10.2 Å². The summed E-state index contributed by atoms with van der Waals surface area (Å²) in [5.74, 6) is 1.68. The van der Waals surface area contributed by atoms with Crippen molar-refractivity contribution < 1.29 is 4.79 Å². The van der Waals surface area contributed by atoms with Crippen LogP contribution in [0.3, 0.4) is 0 Å². The lowest BCUT2D eigenvalue weighted by molar-refractivity contribution is -0.124. The average Bonchev–Trinajstić information content (AvgIpc) is 3.10. The van der Waals surface area contributed by atoms with E-state index in [0.717, 1.165) is 56.2 Å². The fourth-order valence-electron chi connectivity index (χ4n) is 3.86. The van der Waals surface area contributed by atoms with E-state index in [0.29, 0.717) is 25.6 Å². The van der Waals surface area contributed by atoms with Crippen LogP contribution in [0.2, 0.25) is 0 Å². The Morgan fingerprint density at radius 1 is 1.19 bits per heavy atom. The Balaban J connectivity index is 1.28. The maximum absolute atomic E-state index is 11.5. The van der Waals surface area contributed by atoms with E-state index in [1.165, 1.54) is 0 Å². The van der Waals surface area contributed by atoms with Crippen LogP contribution >= 0.6 is 0 Å². The second-order valence-corrected chi connectivity index (χ2v) is 7.39. The number of carbonyl (C=O) groups excluding carboxylic acids is 1. The smallest absolute Gasteiger partial charge is 0.234 e. The minimum absolute atomic E-state index is 0.0822. The number of aromatic nitrogens is 5. The van der Waals surface area contributed by atoms with Gasteiger partial charge in [-0.1, -0.05) is 5.21 Å². The van der Waals surface area contributed by atoms with Crippen LogP contribution < -0.4 is 10.2 Å². The number of hydrogen-bond acceptors (Lipinski definition) is 7. The van der Waals surface area contributed by atoms with Crippen LogP contribution in [0.4, 0.5) is 5.82 Å². The van der Waals surface area contributed by atoms with Crippen molar-refractivity contribution in [1.29, 1.82) is 0 Å². The van der Waals surface area contributed by atoms with Gasteiger partial charge in [-0.3, -0.25) is 19.4 Å². The summed E-state index contributed by atoms with van der Waals surface area (Å²) in [4.78, 5) is 24.7. The Bertz CT molecular complexity index is 783. The van der Waals surface area contributed by atoms with Crippen LogP contribution in [0.15, 0.2) is 18.6 Å². The van der Waals surface area contributed by atoms with Gasteiger partial charge in [0.05, 0.1) is 17.9 Å². The molecule has 0 spiro atoms. The number of nitrogens with one attached hydrogen (secondary N) is 1. The summed E-state index contributed by atoms with van der Waals surface area (Å²) >= 11 is 0. The molecule has 2 saturated heterocycles. The van der Waals surface area contributed by atoms with Crippen molar-refractivity contribution in [2.75, 3.05) is 37.6 Å². The molecule has 0 atom stereocenters. The standard InChI is InChI=1S/C18H26N8O/c1-14-18(21-5-4-19-14)25-7-2-15(3-8-25)10-26-12-16(22-23-26)11-24-9-6-20-17(27)13-24/h4-5,12,15H,2-3,6-11,13H2,1H3,(H,20,27). The number of carbonyl (C=O) groups is 1. The molecule has 0 saturated carbocycles. The van der Waals surface area contributed by atoms with Crippen LogP contribution in [0.5, 0.6) is 0 Å². The second-order valence-electron chi connectivity index (χ2n) is 7.39. The number of hydrogen-bond donors (Lipinski definition) is 1. The number of piperidine rings is 1. The molecule has 0 radical (unpaired) electrons. The number of aryl methyl sites for hydroxylation is 1. The molecule has 0 aliphatic carbocycles. The van der Waals surface area contributed by atoms with Crippen LogP contribution in [-0.2, 0) is 17.9 Å². The lowest BCUT2D eigenvalue weighted by Crippen LogP contribution is -2.47. The van der Waals surface area contributed by atoms with Gasteiger partial charge in [-0.15, -0.1) is 5.10 Å². The third-order valence-corrected chi connectivity index (χ3v) is 5.30. The molecule has 2 aromatic heterocycles. The lowest BCUT2D eigenvalue weighted by atomic mass is 9.97. The van der Waals surface area contributed by atoms with Gasteiger partial charge in [0.25, 0.3) is 0 Å². The van der Waals surface area contributed by atoms with E-state index in [1.54, 1.807) is 12.4 Å². The topological polar surface area (TPSA) is 92.1 Å². The number of amides is 1. The Hall–Kier alpha value is -2.55. The zero-order valence-electron chi connectivity index (χ0n) is 15.7. The van der Waals surface area contributed by atoms with E-state index in [2.05, 4.69) is 35.4 Å². The molecule has 0 unspecified atom stereocenters. The fourth-order valence-corrected chi connectivity index (χ4v) is 3.86. The second kappa shape index (κ2) is 7.99. The lowest BCUT2D eigenvalue weighted by Gasteiger charge is -2.33. The summed E-state index contributed by atoms with van der Waals surface area (Å²) < 4.78 is 1.95. The summed E-state index contributed by atoms with van der Waals surface area (Å²) in [7, 11) is 0. The summed E-state index contributed by atoms with van der Waals surface area (Å²) in [5, 5.41) is 11.4. The van der Waals surface area contributed by atoms with Crippen LogP contribution in [-0.4, -0.2) is 68.5 Å². The predicted molar refractivity (Wildman–Crippen MR) is 100 cm³/mol. The molecular formula is C18H26N8O. The Kier molecular flexibility index (Phi) is 5.28. The zero-order chi connectivity index (χ0) is 18.6. The third-order valence-electron chi connectivity index (χ3n) is 5.30. The SMILES string of the molecule is Cc1nccnc1N1CCC(Cn2cc(CN3CCNC(=O)C3)nn2)CC1. The highest BCUT2D eigenvalue weighted by Gasteiger charge is 2.23. The van der Waals surface area contributed by atoms with Crippen molar-refractivity contribution in [2.45, 2.75) is 32.9 Å². The van der Waals surface area contributed by atoms with Gasteiger partial charge in [0, 0.05) is 57.9 Å². The predicted octanol–water partition coefficient (Wildman–Crippen LogP) is 0.225. The van der Waals surface area contributed by atoms with Crippen LogP contribution in [0.25, 0.3) is 0 Å². The normalized spacial score (nSPS) is 19.3.